The third-order valence-corrected chi connectivity index (χ3v) is 1.88. The van der Waals surface area contributed by atoms with Crippen LogP contribution < -0.4 is 0 Å². The van der Waals surface area contributed by atoms with Crippen molar-refractivity contribution in [3.05, 3.63) is 36.2 Å². The van der Waals surface area contributed by atoms with Crippen molar-refractivity contribution in [2.45, 2.75) is 0 Å². The molecule has 0 bridgehead atoms. The standard InChI is InChI=1S/C10H10N2O/c13-6-2-4-8-3-1-5-9-10(8)12-7-11-9/h1-5,7,13H,6H2,(H,11,12). The van der Waals surface area contributed by atoms with E-state index in [1.807, 2.05) is 24.3 Å². The first kappa shape index (κ1) is 8.01. The summed E-state index contributed by atoms with van der Waals surface area (Å²) in [5, 5.41) is 8.64. The molecular weight excluding hydrogens is 164 g/mol. The Morgan fingerprint density at radius 3 is 3.23 bits per heavy atom. The van der Waals surface area contributed by atoms with Crippen LogP contribution in [0.25, 0.3) is 17.1 Å². The van der Waals surface area contributed by atoms with Crippen LogP contribution in [0.1, 0.15) is 5.56 Å². The van der Waals surface area contributed by atoms with Gasteiger partial charge in [0.25, 0.3) is 0 Å². The van der Waals surface area contributed by atoms with Crippen molar-refractivity contribution < 1.29 is 5.11 Å². The molecule has 1 heterocycles. The molecule has 1 aromatic carbocycles. The largest absolute Gasteiger partial charge is 0.392 e. The normalized spacial score (nSPS) is 11.5. The van der Waals surface area contributed by atoms with Crippen LogP contribution in [0.5, 0.6) is 0 Å². The maximum Gasteiger partial charge on any atom is 0.0954 e. The van der Waals surface area contributed by atoms with Gasteiger partial charge < -0.3 is 10.1 Å². The maximum absolute atomic E-state index is 8.64. The molecular formula is C10H10N2O. The summed E-state index contributed by atoms with van der Waals surface area (Å²) in [5.74, 6) is 0. The van der Waals surface area contributed by atoms with Crippen LogP contribution in [0.4, 0.5) is 0 Å². The number of aromatic amines is 1. The quantitative estimate of drug-likeness (QED) is 0.726. The highest BCUT2D eigenvalue weighted by Gasteiger charge is 1.98. The summed E-state index contributed by atoms with van der Waals surface area (Å²) in [6.07, 6.45) is 5.23. The monoisotopic (exact) mass is 174 g/mol. The summed E-state index contributed by atoms with van der Waals surface area (Å²) in [6.45, 7) is 0.0564. The number of imidazole rings is 1. The van der Waals surface area contributed by atoms with Crippen molar-refractivity contribution in [3.8, 4) is 0 Å². The van der Waals surface area contributed by atoms with Crippen molar-refractivity contribution in [2.24, 2.45) is 0 Å². The molecule has 0 aliphatic heterocycles. The maximum atomic E-state index is 8.64. The molecule has 2 rings (SSSR count). The van der Waals surface area contributed by atoms with Gasteiger partial charge in [0.15, 0.2) is 0 Å². The molecule has 0 amide bonds. The molecule has 0 aliphatic carbocycles. The molecule has 3 heteroatoms. The van der Waals surface area contributed by atoms with Gasteiger partial charge in [-0.25, -0.2) is 4.98 Å². The first-order valence-corrected chi connectivity index (χ1v) is 4.11. The Bertz CT molecular complexity index is 431. The zero-order valence-electron chi connectivity index (χ0n) is 7.07. The smallest absolute Gasteiger partial charge is 0.0954 e. The van der Waals surface area contributed by atoms with E-state index in [1.165, 1.54) is 0 Å². The molecule has 2 aromatic rings. The molecule has 0 saturated carbocycles. The van der Waals surface area contributed by atoms with Crippen LogP contribution in [-0.4, -0.2) is 21.7 Å². The van der Waals surface area contributed by atoms with E-state index < -0.39 is 0 Å². The van der Waals surface area contributed by atoms with Gasteiger partial charge in [-0.3, -0.25) is 0 Å². The fraction of sp³-hybridized carbons (Fsp3) is 0.100. The lowest BCUT2D eigenvalue weighted by molar-refractivity contribution is 0.343. The minimum Gasteiger partial charge on any atom is -0.392 e. The van der Waals surface area contributed by atoms with Crippen LogP contribution in [0.15, 0.2) is 30.6 Å². The Hall–Kier alpha value is -1.61. The Kier molecular flexibility index (Phi) is 2.10. The van der Waals surface area contributed by atoms with Crippen molar-refractivity contribution in [2.75, 3.05) is 6.61 Å². The summed E-state index contributed by atoms with van der Waals surface area (Å²) >= 11 is 0. The molecule has 0 spiro atoms. The van der Waals surface area contributed by atoms with E-state index in [4.69, 9.17) is 5.11 Å². The third kappa shape index (κ3) is 1.46. The second kappa shape index (κ2) is 3.41. The number of fused-ring (bicyclic) bond motifs is 1. The van der Waals surface area contributed by atoms with Gasteiger partial charge in [0.05, 0.1) is 24.0 Å². The number of aromatic nitrogens is 2. The van der Waals surface area contributed by atoms with Crippen LogP contribution >= 0.6 is 0 Å². The van der Waals surface area contributed by atoms with Crippen LogP contribution in [-0.2, 0) is 0 Å². The summed E-state index contributed by atoms with van der Waals surface area (Å²) in [7, 11) is 0. The topological polar surface area (TPSA) is 48.9 Å². The van der Waals surface area contributed by atoms with Crippen LogP contribution in [0.2, 0.25) is 0 Å². The number of hydrogen-bond acceptors (Lipinski definition) is 2. The molecule has 0 atom stereocenters. The molecule has 0 saturated heterocycles. The van der Waals surface area contributed by atoms with Crippen LogP contribution in [0.3, 0.4) is 0 Å². The zero-order valence-corrected chi connectivity index (χ0v) is 7.07. The zero-order chi connectivity index (χ0) is 9.10. The van der Waals surface area contributed by atoms with E-state index in [9.17, 15) is 0 Å². The molecule has 0 radical (unpaired) electrons. The Balaban J connectivity index is 2.54. The number of aliphatic hydroxyl groups is 1. The van der Waals surface area contributed by atoms with E-state index in [0.717, 1.165) is 16.6 Å². The van der Waals surface area contributed by atoms with E-state index >= 15 is 0 Å². The molecule has 0 aliphatic rings. The predicted octanol–water partition coefficient (Wildman–Crippen LogP) is 1.57. The molecule has 0 fully saturated rings. The summed E-state index contributed by atoms with van der Waals surface area (Å²) in [4.78, 5) is 7.21. The van der Waals surface area contributed by atoms with E-state index in [0.29, 0.717) is 0 Å². The molecule has 1 aromatic heterocycles. The molecule has 2 N–H and O–H groups in total. The minimum absolute atomic E-state index is 0.0564. The fourth-order valence-electron chi connectivity index (χ4n) is 1.30. The summed E-state index contributed by atoms with van der Waals surface area (Å²) in [5.41, 5.74) is 2.97. The number of benzene rings is 1. The third-order valence-electron chi connectivity index (χ3n) is 1.88. The van der Waals surface area contributed by atoms with Gasteiger partial charge in [-0.15, -0.1) is 0 Å². The highest BCUT2D eigenvalue weighted by atomic mass is 16.2. The van der Waals surface area contributed by atoms with Gasteiger partial charge >= 0.3 is 0 Å². The average Bonchev–Trinajstić information content (AvgIpc) is 2.62. The van der Waals surface area contributed by atoms with Crippen molar-refractivity contribution in [1.82, 2.24) is 9.97 Å². The first-order valence-electron chi connectivity index (χ1n) is 4.11. The fourth-order valence-corrected chi connectivity index (χ4v) is 1.30. The summed E-state index contributed by atoms with van der Waals surface area (Å²) < 4.78 is 0. The Morgan fingerprint density at radius 1 is 1.46 bits per heavy atom. The Morgan fingerprint density at radius 2 is 2.38 bits per heavy atom. The van der Waals surface area contributed by atoms with Gasteiger partial charge in [-0.05, 0) is 6.07 Å². The highest BCUT2D eigenvalue weighted by Crippen LogP contribution is 2.15. The molecule has 66 valence electrons. The number of nitrogens with zero attached hydrogens (tertiary/aromatic N) is 1. The number of nitrogens with one attached hydrogen (secondary N) is 1. The second-order valence-corrected chi connectivity index (χ2v) is 2.73. The van der Waals surface area contributed by atoms with Crippen molar-refractivity contribution >= 4 is 17.1 Å². The SMILES string of the molecule is OCC=Cc1cccc2[nH]cnc12. The Labute approximate surface area is 75.7 Å². The van der Waals surface area contributed by atoms with Crippen LogP contribution in [0, 0.1) is 0 Å². The average molecular weight is 174 g/mol. The van der Waals surface area contributed by atoms with Gasteiger partial charge in [-0.2, -0.15) is 0 Å². The number of aliphatic hydroxyl groups excluding tert-OH is 1. The minimum atomic E-state index is 0.0564. The summed E-state index contributed by atoms with van der Waals surface area (Å²) in [6, 6.07) is 5.89. The van der Waals surface area contributed by atoms with Gasteiger partial charge in [-0.1, -0.05) is 24.3 Å². The van der Waals surface area contributed by atoms with E-state index in [1.54, 1.807) is 12.4 Å². The number of rotatable bonds is 2. The number of hydrogen-bond donors (Lipinski definition) is 2. The molecule has 3 nitrogen and oxygen atoms in total. The van der Waals surface area contributed by atoms with E-state index in [2.05, 4.69) is 9.97 Å². The lowest BCUT2D eigenvalue weighted by Gasteiger charge is -1.93. The predicted molar refractivity (Wildman–Crippen MR) is 52.2 cm³/mol. The molecule has 0 unspecified atom stereocenters. The number of para-hydroxylation sites is 1. The second-order valence-electron chi connectivity index (χ2n) is 2.73. The lowest BCUT2D eigenvalue weighted by atomic mass is 10.2. The lowest BCUT2D eigenvalue weighted by Crippen LogP contribution is -1.77. The van der Waals surface area contributed by atoms with Gasteiger partial charge in [0.1, 0.15) is 0 Å². The van der Waals surface area contributed by atoms with Crippen molar-refractivity contribution in [1.29, 1.82) is 0 Å². The highest BCUT2D eigenvalue weighted by molar-refractivity contribution is 5.84. The molecule has 13 heavy (non-hydrogen) atoms. The number of H-pyrrole nitrogens is 1. The van der Waals surface area contributed by atoms with Gasteiger partial charge in [0.2, 0.25) is 0 Å². The van der Waals surface area contributed by atoms with Gasteiger partial charge in [0, 0.05) is 5.56 Å². The van der Waals surface area contributed by atoms with Crippen molar-refractivity contribution in [3.63, 3.8) is 0 Å². The first-order chi connectivity index (χ1) is 6.42. The van der Waals surface area contributed by atoms with E-state index in [-0.39, 0.29) is 6.61 Å².